The summed E-state index contributed by atoms with van der Waals surface area (Å²) in [7, 11) is 0. The van der Waals surface area contributed by atoms with Crippen molar-refractivity contribution in [3.8, 4) is 5.75 Å². The highest BCUT2D eigenvalue weighted by molar-refractivity contribution is 7.99. The maximum absolute atomic E-state index is 12.5. The van der Waals surface area contributed by atoms with Gasteiger partial charge in [-0.1, -0.05) is 25.5 Å². The van der Waals surface area contributed by atoms with E-state index in [1.807, 2.05) is 37.3 Å². The predicted octanol–water partition coefficient (Wildman–Crippen LogP) is 4.74. The molecule has 0 N–H and O–H groups in total. The van der Waals surface area contributed by atoms with Crippen LogP contribution >= 0.6 is 11.8 Å². The van der Waals surface area contributed by atoms with Crippen molar-refractivity contribution in [3.63, 3.8) is 0 Å². The van der Waals surface area contributed by atoms with Crippen LogP contribution < -0.4 is 4.74 Å². The second-order valence-electron chi connectivity index (χ2n) is 5.70. The molecule has 0 amide bonds. The predicted molar refractivity (Wildman–Crippen MR) is 90.7 cm³/mol. The fourth-order valence-corrected chi connectivity index (χ4v) is 2.77. The van der Waals surface area contributed by atoms with E-state index in [1.165, 1.54) is 0 Å². The number of aryl methyl sites for hydroxylation is 1. The molecule has 0 unspecified atom stereocenters. The largest absolute Gasteiger partial charge is 0.493 e. The number of ether oxygens (including phenoxy) is 1. The summed E-state index contributed by atoms with van der Waals surface area (Å²) in [6, 6.07) is 9.55. The number of hydrogen-bond donors (Lipinski definition) is 0. The van der Waals surface area contributed by atoms with Gasteiger partial charge in [-0.15, -0.1) is 11.8 Å². The van der Waals surface area contributed by atoms with Crippen LogP contribution in [0.25, 0.3) is 0 Å². The van der Waals surface area contributed by atoms with Crippen molar-refractivity contribution in [2.75, 3.05) is 12.4 Å². The Balaban J connectivity index is 1.99. The van der Waals surface area contributed by atoms with E-state index in [1.54, 1.807) is 18.0 Å². The molecule has 0 bridgehead atoms. The lowest BCUT2D eigenvalue weighted by molar-refractivity contribution is 0.101. The minimum atomic E-state index is 0.0963. The van der Waals surface area contributed by atoms with Gasteiger partial charge >= 0.3 is 0 Å². The van der Waals surface area contributed by atoms with Crippen LogP contribution in [-0.2, 0) is 5.75 Å². The SMILES string of the molecule is Cc1ccc(OCC(C)C)c(C(=O)CSCc2ccco2)c1. The number of ketones is 1. The maximum atomic E-state index is 12.5. The smallest absolute Gasteiger partial charge is 0.176 e. The van der Waals surface area contributed by atoms with E-state index in [4.69, 9.17) is 9.15 Å². The van der Waals surface area contributed by atoms with Gasteiger partial charge in [-0.2, -0.15) is 0 Å². The van der Waals surface area contributed by atoms with Crippen molar-refractivity contribution in [1.29, 1.82) is 0 Å². The Morgan fingerprint density at radius 3 is 2.82 bits per heavy atom. The van der Waals surface area contributed by atoms with Crippen LogP contribution in [0.4, 0.5) is 0 Å². The van der Waals surface area contributed by atoms with Gasteiger partial charge in [0.1, 0.15) is 11.5 Å². The third-order valence-corrected chi connectivity index (χ3v) is 4.02. The Morgan fingerprint density at radius 2 is 2.14 bits per heavy atom. The molecule has 0 aliphatic rings. The van der Waals surface area contributed by atoms with Crippen LogP contribution in [0.15, 0.2) is 41.0 Å². The zero-order valence-corrected chi connectivity index (χ0v) is 14.1. The average molecular weight is 318 g/mol. The number of carbonyl (C=O) groups excluding carboxylic acids is 1. The number of Topliss-reactive ketones (excluding diaryl/α,β-unsaturated/α-hetero) is 1. The van der Waals surface area contributed by atoms with E-state index in [0.717, 1.165) is 11.3 Å². The first kappa shape index (κ1) is 16.7. The summed E-state index contributed by atoms with van der Waals surface area (Å²) in [5.74, 6) is 3.22. The molecule has 118 valence electrons. The lowest BCUT2D eigenvalue weighted by Crippen LogP contribution is -2.10. The highest BCUT2D eigenvalue weighted by Crippen LogP contribution is 2.23. The number of furan rings is 1. The van der Waals surface area contributed by atoms with Crippen LogP contribution in [0, 0.1) is 12.8 Å². The van der Waals surface area contributed by atoms with Crippen molar-refractivity contribution in [2.24, 2.45) is 5.92 Å². The number of benzene rings is 1. The normalized spacial score (nSPS) is 10.9. The zero-order chi connectivity index (χ0) is 15.9. The number of carbonyl (C=O) groups is 1. The maximum Gasteiger partial charge on any atom is 0.176 e. The molecule has 0 aliphatic heterocycles. The molecule has 1 heterocycles. The van der Waals surface area contributed by atoms with Gasteiger partial charge < -0.3 is 9.15 Å². The summed E-state index contributed by atoms with van der Waals surface area (Å²) in [5.41, 5.74) is 1.74. The highest BCUT2D eigenvalue weighted by Gasteiger charge is 2.14. The third kappa shape index (κ3) is 4.95. The Hall–Kier alpha value is -1.68. The molecular formula is C18H22O3S. The summed E-state index contributed by atoms with van der Waals surface area (Å²) in [6.07, 6.45) is 1.65. The molecule has 2 aromatic rings. The number of hydrogen-bond acceptors (Lipinski definition) is 4. The molecular weight excluding hydrogens is 296 g/mol. The van der Waals surface area contributed by atoms with Crippen LogP contribution in [0.5, 0.6) is 5.75 Å². The Morgan fingerprint density at radius 1 is 1.32 bits per heavy atom. The zero-order valence-electron chi connectivity index (χ0n) is 13.3. The molecule has 0 fully saturated rings. The Labute approximate surface area is 136 Å². The van der Waals surface area contributed by atoms with Gasteiger partial charge in [0, 0.05) is 0 Å². The second kappa shape index (κ2) is 8.08. The molecule has 0 aliphatic carbocycles. The van der Waals surface area contributed by atoms with E-state index >= 15 is 0 Å². The average Bonchev–Trinajstić information content (AvgIpc) is 2.99. The molecule has 1 aromatic carbocycles. The Bertz CT molecular complexity index is 603. The minimum absolute atomic E-state index is 0.0963. The Kier molecular flexibility index (Phi) is 6.13. The molecule has 0 radical (unpaired) electrons. The van der Waals surface area contributed by atoms with Gasteiger partial charge in [0.25, 0.3) is 0 Å². The van der Waals surface area contributed by atoms with Gasteiger partial charge in [-0.3, -0.25) is 4.79 Å². The molecule has 0 saturated carbocycles. The van der Waals surface area contributed by atoms with Crippen molar-refractivity contribution >= 4 is 17.5 Å². The fraction of sp³-hybridized carbons (Fsp3) is 0.389. The summed E-state index contributed by atoms with van der Waals surface area (Å²) < 4.78 is 11.1. The van der Waals surface area contributed by atoms with Crippen LogP contribution in [0.3, 0.4) is 0 Å². The molecule has 3 nitrogen and oxygen atoms in total. The molecule has 2 rings (SSSR count). The van der Waals surface area contributed by atoms with Crippen molar-refractivity contribution < 1.29 is 13.9 Å². The van der Waals surface area contributed by atoms with E-state index in [2.05, 4.69) is 13.8 Å². The van der Waals surface area contributed by atoms with Gasteiger partial charge in [0.2, 0.25) is 0 Å². The first-order valence-electron chi connectivity index (χ1n) is 7.43. The molecule has 4 heteroatoms. The lowest BCUT2D eigenvalue weighted by Gasteiger charge is -2.13. The summed E-state index contributed by atoms with van der Waals surface area (Å²) in [5, 5.41) is 0. The van der Waals surface area contributed by atoms with Gasteiger partial charge in [-0.05, 0) is 37.1 Å². The van der Waals surface area contributed by atoms with Gasteiger partial charge in [-0.25, -0.2) is 0 Å². The van der Waals surface area contributed by atoms with E-state index < -0.39 is 0 Å². The monoisotopic (exact) mass is 318 g/mol. The topological polar surface area (TPSA) is 39.4 Å². The van der Waals surface area contributed by atoms with Crippen molar-refractivity contribution in [2.45, 2.75) is 26.5 Å². The first-order chi connectivity index (χ1) is 10.6. The highest BCUT2D eigenvalue weighted by atomic mass is 32.2. The summed E-state index contributed by atoms with van der Waals surface area (Å²) in [6.45, 7) is 6.78. The summed E-state index contributed by atoms with van der Waals surface area (Å²) in [4.78, 5) is 12.5. The molecule has 0 spiro atoms. The molecule has 0 atom stereocenters. The molecule has 1 aromatic heterocycles. The lowest BCUT2D eigenvalue weighted by atomic mass is 10.1. The van der Waals surface area contributed by atoms with Gasteiger partial charge in [0.15, 0.2) is 5.78 Å². The van der Waals surface area contributed by atoms with E-state index in [9.17, 15) is 4.79 Å². The quantitative estimate of drug-likeness (QED) is 0.659. The number of rotatable bonds is 8. The van der Waals surface area contributed by atoms with Crippen molar-refractivity contribution in [1.82, 2.24) is 0 Å². The number of thioether (sulfide) groups is 1. The van der Waals surface area contributed by atoms with Gasteiger partial charge in [0.05, 0.1) is 29.9 Å². The van der Waals surface area contributed by atoms with Crippen LogP contribution in [-0.4, -0.2) is 18.1 Å². The van der Waals surface area contributed by atoms with Crippen LogP contribution in [0.2, 0.25) is 0 Å². The van der Waals surface area contributed by atoms with Crippen LogP contribution in [0.1, 0.15) is 35.5 Å². The minimum Gasteiger partial charge on any atom is -0.493 e. The summed E-state index contributed by atoms with van der Waals surface area (Å²) >= 11 is 1.55. The first-order valence-corrected chi connectivity index (χ1v) is 8.58. The van der Waals surface area contributed by atoms with E-state index in [-0.39, 0.29) is 5.78 Å². The third-order valence-electron chi connectivity index (χ3n) is 3.07. The molecule has 22 heavy (non-hydrogen) atoms. The van der Waals surface area contributed by atoms with Crippen molar-refractivity contribution in [3.05, 3.63) is 53.5 Å². The standard InChI is InChI=1S/C18H22O3S/c1-13(2)10-21-18-7-6-14(3)9-16(18)17(19)12-22-11-15-5-4-8-20-15/h4-9,13H,10-12H2,1-3H3. The second-order valence-corrected chi connectivity index (χ2v) is 6.69. The fourth-order valence-electron chi connectivity index (χ4n) is 1.96. The van der Waals surface area contributed by atoms with E-state index in [0.29, 0.717) is 35.3 Å². The molecule has 0 saturated heterocycles.